The summed E-state index contributed by atoms with van der Waals surface area (Å²) in [5.74, 6) is 1.01. The number of allylic oxidation sites excluding steroid dienone is 8. The van der Waals surface area contributed by atoms with Crippen molar-refractivity contribution in [3.05, 3.63) is 74.5 Å². The van der Waals surface area contributed by atoms with Crippen molar-refractivity contribution < 1.29 is 21.6 Å². The Labute approximate surface area is 127 Å². The van der Waals surface area contributed by atoms with Crippen LogP contribution in [0.5, 0.6) is 5.75 Å². The molecule has 0 radical (unpaired) electrons. The molecular weight excluding hydrogens is 291 g/mol. The number of para-hydroxylation sites is 1. The molecule has 1 aromatic rings. The van der Waals surface area contributed by atoms with Gasteiger partial charge < -0.3 is 0 Å². The van der Waals surface area contributed by atoms with Crippen molar-refractivity contribution in [2.45, 2.75) is 12.8 Å². The standard InChI is InChI=1S/C6H6O.2C5H5.ClH.Ti/c7-6-4-2-1-3-5-6;2*1-2-4-5-3-1;;/h1-5,7H;2*1-3H,4H2;1H;/q;;;;+1/p-1. The monoisotopic (exact) mass is 307 g/mol. The zero-order valence-corrected chi connectivity index (χ0v) is 13.0. The summed E-state index contributed by atoms with van der Waals surface area (Å²) in [6, 6.07) is 10.2. The Morgan fingerprint density at radius 2 is 1.42 bits per heavy atom. The summed E-state index contributed by atoms with van der Waals surface area (Å²) < 4.78 is 9.35. The molecule has 0 aliphatic heterocycles. The molecule has 3 rings (SSSR count). The van der Waals surface area contributed by atoms with E-state index in [4.69, 9.17) is 3.32 Å². The fourth-order valence-electron chi connectivity index (χ4n) is 2.17. The largest absolute Gasteiger partial charge is 0.147 e. The smallest absolute Gasteiger partial charge is 0.147 e. The maximum Gasteiger partial charge on any atom is -0.147 e. The molecule has 3 heteroatoms. The summed E-state index contributed by atoms with van der Waals surface area (Å²) in [4.78, 5) is 0. The van der Waals surface area contributed by atoms with Gasteiger partial charge >= 0.3 is 115 Å². The molecule has 2 aliphatic rings. The minimum absolute atomic E-state index is 0. The third-order valence-electron chi connectivity index (χ3n) is 3.09. The molecule has 0 spiro atoms. The van der Waals surface area contributed by atoms with Crippen LogP contribution in [0, 0.1) is 0 Å². The predicted octanol–water partition coefficient (Wildman–Crippen LogP) is 4.71. The number of rotatable bonds is 4. The molecule has 97 valence electrons. The molecule has 0 heterocycles. The molecule has 0 bridgehead atoms. The van der Waals surface area contributed by atoms with Gasteiger partial charge in [-0.25, -0.2) is 0 Å². The van der Waals surface area contributed by atoms with Crippen LogP contribution in [0.4, 0.5) is 0 Å². The molecule has 0 saturated carbocycles. The van der Waals surface area contributed by atoms with Gasteiger partial charge in [0, 0.05) is 0 Å². The topological polar surface area (TPSA) is 9.23 Å². The first kappa shape index (κ1) is 14.4. The summed E-state index contributed by atoms with van der Waals surface area (Å²) in [7, 11) is 0. The van der Waals surface area contributed by atoms with E-state index in [1.807, 2.05) is 18.2 Å². The average Bonchev–Trinajstić information content (AvgIpc) is 3.11. The minimum Gasteiger partial charge on any atom is -0.147 e. The molecule has 1 aromatic carbocycles. The normalized spacial score (nSPS) is 15.8. The van der Waals surface area contributed by atoms with E-state index in [-0.39, 0.29) is 12.4 Å². The van der Waals surface area contributed by atoms with Crippen LogP contribution in [-0.2, 0) is 18.3 Å². The SMILES string of the molecule is C1=CC[C]([Ti]([O]c2ccccc2)[C]2=CC=CC2)=C1.Cl. The van der Waals surface area contributed by atoms with E-state index in [9.17, 15) is 0 Å². The van der Waals surface area contributed by atoms with Gasteiger partial charge in [-0.05, 0) is 0 Å². The Hall–Kier alpha value is -1.02. The van der Waals surface area contributed by atoms with Crippen LogP contribution in [0.15, 0.2) is 74.5 Å². The second-order valence-corrected chi connectivity index (χ2v) is 7.74. The van der Waals surface area contributed by atoms with Crippen molar-refractivity contribution in [1.29, 1.82) is 0 Å². The fraction of sp³-hybridized carbons (Fsp3) is 0.125. The van der Waals surface area contributed by atoms with Gasteiger partial charge in [0.25, 0.3) is 0 Å². The molecule has 0 amide bonds. The number of benzene rings is 1. The zero-order chi connectivity index (χ0) is 12.2. The Bertz CT molecular complexity index is 513. The van der Waals surface area contributed by atoms with Crippen molar-refractivity contribution in [3.63, 3.8) is 0 Å². The van der Waals surface area contributed by atoms with E-state index in [0.717, 1.165) is 18.6 Å². The van der Waals surface area contributed by atoms with E-state index in [1.54, 1.807) is 0 Å². The first-order chi connectivity index (χ1) is 8.93. The van der Waals surface area contributed by atoms with E-state index >= 15 is 0 Å². The summed E-state index contributed by atoms with van der Waals surface area (Å²) in [5, 5.41) is 0. The van der Waals surface area contributed by atoms with Gasteiger partial charge in [0.2, 0.25) is 0 Å². The summed E-state index contributed by atoms with van der Waals surface area (Å²) in [6.07, 6.45) is 15.4. The molecule has 2 aliphatic carbocycles. The Balaban J connectivity index is 0.00000133. The zero-order valence-electron chi connectivity index (χ0n) is 10.6. The van der Waals surface area contributed by atoms with Crippen molar-refractivity contribution in [2.75, 3.05) is 0 Å². The Morgan fingerprint density at radius 3 is 1.89 bits per heavy atom. The summed E-state index contributed by atoms with van der Waals surface area (Å²) >= 11 is -1.78. The number of hydrogen-bond donors (Lipinski definition) is 0. The Kier molecular flexibility index (Phi) is 5.27. The van der Waals surface area contributed by atoms with Crippen molar-refractivity contribution in [1.82, 2.24) is 0 Å². The summed E-state index contributed by atoms with van der Waals surface area (Å²) in [6.45, 7) is 0. The van der Waals surface area contributed by atoms with Crippen molar-refractivity contribution in [3.8, 4) is 5.75 Å². The van der Waals surface area contributed by atoms with E-state index in [2.05, 4.69) is 48.6 Å². The molecule has 0 N–H and O–H groups in total. The van der Waals surface area contributed by atoms with E-state index < -0.39 is 18.3 Å². The fourth-order valence-corrected chi connectivity index (χ4v) is 5.53. The van der Waals surface area contributed by atoms with Gasteiger partial charge in [0.15, 0.2) is 0 Å². The van der Waals surface area contributed by atoms with Crippen LogP contribution < -0.4 is 3.32 Å². The molecule has 0 saturated heterocycles. The molecule has 19 heavy (non-hydrogen) atoms. The van der Waals surface area contributed by atoms with Gasteiger partial charge in [-0.1, -0.05) is 0 Å². The van der Waals surface area contributed by atoms with Crippen LogP contribution in [0.2, 0.25) is 0 Å². The summed E-state index contributed by atoms with van der Waals surface area (Å²) in [5.41, 5.74) is 0. The van der Waals surface area contributed by atoms with Crippen LogP contribution >= 0.6 is 12.4 Å². The van der Waals surface area contributed by atoms with Crippen LogP contribution in [0.3, 0.4) is 0 Å². The molecule has 0 atom stereocenters. The molecule has 0 unspecified atom stereocenters. The molecule has 0 aromatic heterocycles. The van der Waals surface area contributed by atoms with Crippen LogP contribution in [-0.4, -0.2) is 0 Å². The Morgan fingerprint density at radius 1 is 0.842 bits per heavy atom. The number of hydrogen-bond acceptors (Lipinski definition) is 1. The van der Waals surface area contributed by atoms with E-state index in [0.29, 0.717) is 0 Å². The van der Waals surface area contributed by atoms with Crippen molar-refractivity contribution in [2.24, 2.45) is 0 Å². The predicted molar refractivity (Wildman–Crippen MR) is 78.0 cm³/mol. The van der Waals surface area contributed by atoms with E-state index in [1.165, 1.54) is 7.76 Å². The second-order valence-electron chi connectivity index (χ2n) is 4.39. The van der Waals surface area contributed by atoms with Gasteiger partial charge in [0.05, 0.1) is 0 Å². The number of halogens is 1. The minimum atomic E-state index is -1.78. The van der Waals surface area contributed by atoms with Gasteiger partial charge in [-0.2, -0.15) is 0 Å². The quantitative estimate of drug-likeness (QED) is 0.732. The van der Waals surface area contributed by atoms with Crippen molar-refractivity contribution >= 4 is 12.4 Å². The second kappa shape index (κ2) is 6.95. The third kappa shape index (κ3) is 3.51. The maximum atomic E-state index is 6.33. The van der Waals surface area contributed by atoms with Crippen LogP contribution in [0.25, 0.3) is 0 Å². The van der Waals surface area contributed by atoms with Gasteiger partial charge in [0.1, 0.15) is 0 Å². The first-order valence-corrected chi connectivity index (χ1v) is 8.45. The molecule has 1 nitrogen and oxygen atoms in total. The van der Waals surface area contributed by atoms with Gasteiger partial charge in [-0.15, -0.1) is 12.4 Å². The third-order valence-corrected chi connectivity index (χ3v) is 6.76. The molecule has 0 fully saturated rings. The average molecular weight is 308 g/mol. The van der Waals surface area contributed by atoms with Gasteiger partial charge in [-0.3, -0.25) is 0 Å². The molecular formula is C16H16ClOTi. The van der Waals surface area contributed by atoms with Crippen LogP contribution in [0.1, 0.15) is 12.8 Å². The maximum absolute atomic E-state index is 6.33. The first-order valence-electron chi connectivity index (χ1n) is 6.25.